The van der Waals surface area contributed by atoms with Crippen LogP contribution in [-0.2, 0) is 0 Å². The highest BCUT2D eigenvalue weighted by Crippen LogP contribution is 2.34. The molecule has 3 heterocycles. The summed E-state index contributed by atoms with van der Waals surface area (Å²) in [6, 6.07) is 10.3. The van der Waals surface area contributed by atoms with Crippen LogP contribution in [0.15, 0.2) is 55.2 Å². The molecule has 9 heteroatoms. The topological polar surface area (TPSA) is 113 Å². The second-order valence-corrected chi connectivity index (χ2v) is 7.26. The Morgan fingerprint density at radius 2 is 1.56 bits per heavy atom. The van der Waals surface area contributed by atoms with E-state index in [1.807, 2.05) is 25.4 Å². The number of nitrogens with one attached hydrogen (secondary N) is 3. The van der Waals surface area contributed by atoms with Crippen molar-refractivity contribution in [3.05, 3.63) is 60.8 Å². The standard InChI is InChI=1S/C23H21N9/c1-13-4-6-17-20(29-12-30-21(17)31-16-10-27-22(24-2)28-11-16)19(13)14-5-7-18-15(8-14)9-26-23(25-3)32-18/h4-12H,1-3H3,(H,24,27,28)(H,25,26,32)(H,29,30,31). The number of hydrogen-bond donors (Lipinski definition) is 3. The molecular weight excluding hydrogens is 402 g/mol. The van der Waals surface area contributed by atoms with Crippen LogP contribution in [0.2, 0.25) is 0 Å². The molecule has 0 spiro atoms. The van der Waals surface area contributed by atoms with Gasteiger partial charge in [0.05, 0.1) is 29.1 Å². The van der Waals surface area contributed by atoms with Crippen LogP contribution in [0.4, 0.5) is 23.4 Å². The van der Waals surface area contributed by atoms with Gasteiger partial charge in [-0.2, -0.15) is 0 Å². The molecule has 3 N–H and O–H groups in total. The van der Waals surface area contributed by atoms with Crippen LogP contribution in [-0.4, -0.2) is 44.0 Å². The third-order valence-corrected chi connectivity index (χ3v) is 5.25. The van der Waals surface area contributed by atoms with Crippen molar-refractivity contribution in [3.63, 3.8) is 0 Å². The van der Waals surface area contributed by atoms with Gasteiger partial charge in [0.2, 0.25) is 11.9 Å². The highest BCUT2D eigenvalue weighted by atomic mass is 15.1. The first-order valence-electron chi connectivity index (χ1n) is 10.1. The van der Waals surface area contributed by atoms with E-state index in [9.17, 15) is 0 Å². The average molecular weight is 423 g/mol. The normalized spacial score (nSPS) is 11.0. The number of rotatable bonds is 5. The van der Waals surface area contributed by atoms with Crippen LogP contribution >= 0.6 is 0 Å². The molecule has 0 fully saturated rings. The smallest absolute Gasteiger partial charge is 0.222 e. The van der Waals surface area contributed by atoms with Crippen LogP contribution in [0, 0.1) is 6.92 Å². The minimum atomic E-state index is 0.558. The molecule has 2 aromatic carbocycles. The van der Waals surface area contributed by atoms with Gasteiger partial charge < -0.3 is 16.0 Å². The summed E-state index contributed by atoms with van der Waals surface area (Å²) in [6.45, 7) is 2.08. The van der Waals surface area contributed by atoms with Crippen molar-refractivity contribution in [2.75, 3.05) is 30.0 Å². The van der Waals surface area contributed by atoms with Gasteiger partial charge >= 0.3 is 0 Å². The predicted octanol–water partition coefficient (Wildman–Crippen LogP) is 4.17. The van der Waals surface area contributed by atoms with Gasteiger partial charge in [-0.1, -0.05) is 12.1 Å². The molecule has 0 aliphatic carbocycles. The highest BCUT2D eigenvalue weighted by Gasteiger charge is 2.13. The number of benzene rings is 2. The average Bonchev–Trinajstić information content (AvgIpc) is 2.84. The first-order valence-corrected chi connectivity index (χ1v) is 10.1. The van der Waals surface area contributed by atoms with Crippen LogP contribution in [0.25, 0.3) is 32.9 Å². The molecule has 0 aliphatic heterocycles. The van der Waals surface area contributed by atoms with E-state index < -0.39 is 0 Å². The summed E-state index contributed by atoms with van der Waals surface area (Å²) in [5.74, 6) is 1.85. The van der Waals surface area contributed by atoms with E-state index in [2.05, 4.69) is 71.0 Å². The first kappa shape index (κ1) is 19.6. The van der Waals surface area contributed by atoms with Gasteiger partial charge in [0.1, 0.15) is 12.1 Å². The Hall–Kier alpha value is -4.40. The van der Waals surface area contributed by atoms with E-state index in [4.69, 9.17) is 0 Å². The summed E-state index contributed by atoms with van der Waals surface area (Å²) in [5.41, 5.74) is 5.71. The molecule has 5 aromatic rings. The summed E-state index contributed by atoms with van der Waals surface area (Å²) in [7, 11) is 3.59. The van der Waals surface area contributed by atoms with Crippen molar-refractivity contribution in [2.45, 2.75) is 6.92 Å². The molecule has 3 aromatic heterocycles. The molecule has 0 radical (unpaired) electrons. The minimum Gasteiger partial charge on any atom is -0.357 e. The SMILES string of the molecule is CNc1ncc(Nc2ncnc3c(-c4ccc5nc(NC)ncc5c4)c(C)ccc23)cn1. The summed E-state index contributed by atoms with van der Waals surface area (Å²) >= 11 is 0. The van der Waals surface area contributed by atoms with Crippen molar-refractivity contribution >= 4 is 45.2 Å². The van der Waals surface area contributed by atoms with Gasteiger partial charge in [-0.05, 0) is 36.2 Å². The maximum absolute atomic E-state index is 4.62. The number of anilines is 4. The lowest BCUT2D eigenvalue weighted by Gasteiger charge is -2.13. The Morgan fingerprint density at radius 3 is 2.34 bits per heavy atom. The van der Waals surface area contributed by atoms with E-state index in [1.165, 1.54) is 0 Å². The summed E-state index contributed by atoms with van der Waals surface area (Å²) in [6.07, 6.45) is 6.82. The van der Waals surface area contributed by atoms with Crippen LogP contribution in [0.1, 0.15) is 5.56 Å². The molecule has 9 nitrogen and oxygen atoms in total. The van der Waals surface area contributed by atoms with E-state index >= 15 is 0 Å². The number of hydrogen-bond acceptors (Lipinski definition) is 9. The Bertz CT molecular complexity index is 1430. The van der Waals surface area contributed by atoms with Crippen LogP contribution in [0.5, 0.6) is 0 Å². The molecule has 0 bridgehead atoms. The zero-order valence-corrected chi connectivity index (χ0v) is 17.9. The quantitative estimate of drug-likeness (QED) is 0.383. The van der Waals surface area contributed by atoms with Crippen LogP contribution < -0.4 is 16.0 Å². The monoisotopic (exact) mass is 423 g/mol. The fraction of sp³-hybridized carbons (Fsp3) is 0.130. The van der Waals surface area contributed by atoms with Crippen molar-refractivity contribution < 1.29 is 0 Å². The molecule has 0 amide bonds. The van der Waals surface area contributed by atoms with Gasteiger partial charge in [-0.15, -0.1) is 0 Å². The lowest BCUT2D eigenvalue weighted by atomic mass is 9.96. The highest BCUT2D eigenvalue weighted by molar-refractivity contribution is 6.02. The van der Waals surface area contributed by atoms with E-state index in [1.54, 1.807) is 25.8 Å². The summed E-state index contributed by atoms with van der Waals surface area (Å²) < 4.78 is 0. The number of aromatic nitrogens is 6. The van der Waals surface area contributed by atoms with Crippen LogP contribution in [0.3, 0.4) is 0 Å². The third kappa shape index (κ3) is 3.49. The number of nitrogens with zero attached hydrogens (tertiary/aromatic N) is 6. The van der Waals surface area contributed by atoms with Gasteiger partial charge in [0, 0.05) is 36.6 Å². The Kier molecular flexibility index (Phi) is 4.91. The van der Waals surface area contributed by atoms with Gasteiger partial charge in [-0.3, -0.25) is 0 Å². The molecule has 0 atom stereocenters. The summed E-state index contributed by atoms with van der Waals surface area (Å²) in [5, 5.41) is 11.1. The molecule has 0 saturated carbocycles. The molecule has 0 aliphatic rings. The lowest BCUT2D eigenvalue weighted by molar-refractivity contribution is 1.14. The molecule has 0 unspecified atom stereocenters. The van der Waals surface area contributed by atoms with Crippen molar-refractivity contribution in [3.8, 4) is 11.1 Å². The van der Waals surface area contributed by atoms with Gasteiger partial charge in [0.15, 0.2) is 0 Å². The Balaban J connectivity index is 1.61. The molecular formula is C23H21N9. The predicted molar refractivity (Wildman–Crippen MR) is 127 cm³/mol. The number of aryl methyl sites for hydroxylation is 1. The van der Waals surface area contributed by atoms with E-state index in [0.29, 0.717) is 17.7 Å². The first-order chi connectivity index (χ1) is 15.7. The molecule has 32 heavy (non-hydrogen) atoms. The van der Waals surface area contributed by atoms with Gasteiger partial charge in [-0.25, -0.2) is 29.9 Å². The zero-order valence-electron chi connectivity index (χ0n) is 17.9. The molecule has 5 rings (SSSR count). The third-order valence-electron chi connectivity index (χ3n) is 5.25. The molecule has 158 valence electrons. The second-order valence-electron chi connectivity index (χ2n) is 7.26. The number of fused-ring (bicyclic) bond motifs is 2. The Morgan fingerprint density at radius 1 is 0.781 bits per heavy atom. The summed E-state index contributed by atoms with van der Waals surface area (Å²) in [4.78, 5) is 26.4. The second kappa shape index (κ2) is 8.03. The maximum atomic E-state index is 4.62. The largest absolute Gasteiger partial charge is 0.357 e. The molecule has 0 saturated heterocycles. The van der Waals surface area contributed by atoms with E-state index in [0.717, 1.165) is 44.2 Å². The van der Waals surface area contributed by atoms with Crippen molar-refractivity contribution in [1.82, 2.24) is 29.9 Å². The van der Waals surface area contributed by atoms with Crippen molar-refractivity contribution in [2.24, 2.45) is 0 Å². The fourth-order valence-corrected chi connectivity index (χ4v) is 3.66. The van der Waals surface area contributed by atoms with Crippen molar-refractivity contribution in [1.29, 1.82) is 0 Å². The Labute approximate surface area is 184 Å². The fourth-order valence-electron chi connectivity index (χ4n) is 3.66. The maximum Gasteiger partial charge on any atom is 0.222 e. The van der Waals surface area contributed by atoms with Gasteiger partial charge in [0.25, 0.3) is 0 Å². The lowest BCUT2D eigenvalue weighted by Crippen LogP contribution is -2.01. The minimum absolute atomic E-state index is 0.558. The zero-order chi connectivity index (χ0) is 22.1. The van der Waals surface area contributed by atoms with E-state index in [-0.39, 0.29) is 0 Å².